The lowest BCUT2D eigenvalue weighted by molar-refractivity contribution is 0.285. The first-order valence-electron chi connectivity index (χ1n) is 7.27. The van der Waals surface area contributed by atoms with Gasteiger partial charge < -0.3 is 10.1 Å². The van der Waals surface area contributed by atoms with Crippen molar-refractivity contribution in [3.8, 4) is 5.75 Å². The first-order chi connectivity index (χ1) is 10.2. The van der Waals surface area contributed by atoms with Crippen LogP contribution < -0.4 is 10.1 Å². The molecule has 0 bridgehead atoms. The Labute approximate surface area is 124 Å². The molecule has 0 radical (unpaired) electrons. The van der Waals surface area contributed by atoms with Crippen molar-refractivity contribution in [1.29, 1.82) is 0 Å². The molecular weight excluding hydrogens is 267 g/mol. The molecule has 0 unspecified atom stereocenters. The summed E-state index contributed by atoms with van der Waals surface area (Å²) >= 11 is 0. The van der Waals surface area contributed by atoms with E-state index in [4.69, 9.17) is 4.74 Å². The summed E-state index contributed by atoms with van der Waals surface area (Å²) in [4.78, 5) is 4.36. The van der Waals surface area contributed by atoms with Gasteiger partial charge >= 0.3 is 0 Å². The van der Waals surface area contributed by atoms with Crippen LogP contribution in [0.25, 0.3) is 0 Å². The molecular formula is C17H19FN2O. The summed E-state index contributed by atoms with van der Waals surface area (Å²) in [6, 6.07) is 9.50. The largest absolute Gasteiger partial charge is 0.484 e. The zero-order chi connectivity index (χ0) is 14.7. The number of pyridine rings is 1. The third kappa shape index (κ3) is 4.02. The van der Waals surface area contributed by atoms with Crippen molar-refractivity contribution in [2.45, 2.75) is 39.0 Å². The highest BCUT2D eigenvalue weighted by Gasteiger charge is 2.19. The van der Waals surface area contributed by atoms with Crippen LogP contribution in [0.5, 0.6) is 5.75 Å². The molecule has 1 fully saturated rings. The third-order valence-electron chi connectivity index (χ3n) is 3.52. The van der Waals surface area contributed by atoms with Gasteiger partial charge in [0.1, 0.15) is 6.61 Å². The smallest absolute Gasteiger partial charge is 0.165 e. The van der Waals surface area contributed by atoms with Gasteiger partial charge in [-0.3, -0.25) is 4.98 Å². The summed E-state index contributed by atoms with van der Waals surface area (Å²) in [5.41, 5.74) is 2.93. The summed E-state index contributed by atoms with van der Waals surface area (Å²) in [5, 5.41) is 3.44. The highest BCUT2D eigenvalue weighted by Crippen LogP contribution is 2.20. The average molecular weight is 286 g/mol. The Balaban J connectivity index is 1.55. The van der Waals surface area contributed by atoms with Crippen molar-refractivity contribution < 1.29 is 9.13 Å². The fourth-order valence-electron chi connectivity index (χ4n) is 2.07. The Bertz CT molecular complexity index is 609. The minimum absolute atomic E-state index is 0.274. The van der Waals surface area contributed by atoms with Crippen LogP contribution in [-0.4, -0.2) is 11.0 Å². The van der Waals surface area contributed by atoms with Crippen molar-refractivity contribution in [3.63, 3.8) is 0 Å². The molecule has 1 heterocycles. The van der Waals surface area contributed by atoms with E-state index < -0.39 is 0 Å². The summed E-state index contributed by atoms with van der Waals surface area (Å²) in [5.74, 6) is -0.0675. The zero-order valence-electron chi connectivity index (χ0n) is 12.1. The molecule has 0 atom stereocenters. The van der Waals surface area contributed by atoms with Gasteiger partial charge in [0, 0.05) is 18.8 Å². The quantitative estimate of drug-likeness (QED) is 0.884. The zero-order valence-corrected chi connectivity index (χ0v) is 12.1. The molecule has 0 saturated heterocycles. The molecule has 1 N–H and O–H groups in total. The fourth-order valence-corrected chi connectivity index (χ4v) is 2.07. The molecule has 1 saturated carbocycles. The standard InChI is InChI=1S/C17H19FN2O/c1-12-2-7-16(18)17(8-12)21-11-15-4-3-13(10-20-15)9-19-14-5-6-14/h2-4,7-8,10,14,19H,5-6,9,11H2,1H3. The predicted octanol–water partition coefficient (Wildman–Crippen LogP) is 3.36. The van der Waals surface area contributed by atoms with Crippen LogP contribution in [0.1, 0.15) is 29.7 Å². The second-order valence-electron chi connectivity index (χ2n) is 5.54. The van der Waals surface area contributed by atoms with E-state index >= 15 is 0 Å². The van der Waals surface area contributed by atoms with Crippen molar-refractivity contribution in [2.75, 3.05) is 0 Å². The number of hydrogen-bond donors (Lipinski definition) is 1. The highest BCUT2D eigenvalue weighted by atomic mass is 19.1. The van der Waals surface area contributed by atoms with Crippen molar-refractivity contribution >= 4 is 0 Å². The normalized spacial score (nSPS) is 14.2. The van der Waals surface area contributed by atoms with E-state index in [9.17, 15) is 4.39 Å². The number of hydrogen-bond acceptors (Lipinski definition) is 3. The molecule has 1 aliphatic carbocycles. The van der Waals surface area contributed by atoms with Crippen LogP contribution in [0.4, 0.5) is 4.39 Å². The molecule has 21 heavy (non-hydrogen) atoms. The maximum atomic E-state index is 13.6. The first-order valence-corrected chi connectivity index (χ1v) is 7.27. The number of aryl methyl sites for hydroxylation is 1. The maximum absolute atomic E-state index is 13.6. The second-order valence-corrected chi connectivity index (χ2v) is 5.54. The van der Waals surface area contributed by atoms with Crippen LogP contribution in [0.2, 0.25) is 0 Å². The lowest BCUT2D eigenvalue weighted by Gasteiger charge is -2.08. The predicted molar refractivity (Wildman–Crippen MR) is 79.6 cm³/mol. The topological polar surface area (TPSA) is 34.1 Å². The van der Waals surface area contributed by atoms with Gasteiger partial charge in [0.15, 0.2) is 11.6 Å². The van der Waals surface area contributed by atoms with Gasteiger partial charge in [0.05, 0.1) is 5.69 Å². The molecule has 0 aliphatic heterocycles. The Hall–Kier alpha value is -1.94. The van der Waals surface area contributed by atoms with Crippen molar-refractivity contribution in [1.82, 2.24) is 10.3 Å². The lowest BCUT2D eigenvalue weighted by Crippen LogP contribution is -2.15. The molecule has 2 aromatic rings. The van der Waals surface area contributed by atoms with Crippen LogP contribution in [0.15, 0.2) is 36.5 Å². The molecule has 0 amide bonds. The molecule has 3 rings (SSSR count). The Morgan fingerprint density at radius 2 is 2.14 bits per heavy atom. The van der Waals surface area contributed by atoms with Gasteiger partial charge in [-0.05, 0) is 49.1 Å². The molecule has 1 aromatic carbocycles. The van der Waals surface area contributed by atoms with E-state index in [0.717, 1.165) is 23.4 Å². The van der Waals surface area contributed by atoms with E-state index in [2.05, 4.69) is 10.3 Å². The molecule has 110 valence electrons. The average Bonchev–Trinajstić information content (AvgIpc) is 3.31. The van der Waals surface area contributed by atoms with E-state index in [1.165, 1.54) is 18.9 Å². The number of rotatable bonds is 6. The van der Waals surface area contributed by atoms with Crippen molar-refractivity contribution in [3.05, 3.63) is 59.2 Å². The number of halogens is 1. The number of aromatic nitrogens is 1. The fraction of sp³-hybridized carbons (Fsp3) is 0.353. The number of nitrogens with zero attached hydrogens (tertiary/aromatic N) is 1. The van der Waals surface area contributed by atoms with Crippen LogP contribution >= 0.6 is 0 Å². The van der Waals surface area contributed by atoms with E-state index in [1.54, 1.807) is 12.1 Å². The van der Waals surface area contributed by atoms with E-state index in [0.29, 0.717) is 6.04 Å². The van der Waals surface area contributed by atoms with Crippen LogP contribution in [0, 0.1) is 12.7 Å². The second kappa shape index (κ2) is 6.22. The van der Waals surface area contributed by atoms with Gasteiger partial charge in [-0.1, -0.05) is 12.1 Å². The Morgan fingerprint density at radius 1 is 1.29 bits per heavy atom. The SMILES string of the molecule is Cc1ccc(F)c(OCc2ccc(CNC3CC3)cn2)c1. The van der Waals surface area contributed by atoms with Gasteiger partial charge in [-0.2, -0.15) is 0 Å². The summed E-state index contributed by atoms with van der Waals surface area (Å²) in [6.07, 6.45) is 4.41. The van der Waals surface area contributed by atoms with E-state index in [1.807, 2.05) is 25.3 Å². The van der Waals surface area contributed by atoms with Crippen LogP contribution in [-0.2, 0) is 13.2 Å². The summed E-state index contributed by atoms with van der Waals surface area (Å²) in [7, 11) is 0. The molecule has 1 aliphatic rings. The maximum Gasteiger partial charge on any atom is 0.165 e. The monoisotopic (exact) mass is 286 g/mol. The van der Waals surface area contributed by atoms with Crippen LogP contribution in [0.3, 0.4) is 0 Å². The molecule has 1 aromatic heterocycles. The summed E-state index contributed by atoms with van der Waals surface area (Å²) < 4.78 is 19.1. The number of benzene rings is 1. The molecule has 0 spiro atoms. The summed E-state index contributed by atoms with van der Waals surface area (Å²) in [6.45, 7) is 3.04. The molecule has 4 heteroatoms. The molecule has 3 nitrogen and oxygen atoms in total. The van der Waals surface area contributed by atoms with Gasteiger partial charge in [0.2, 0.25) is 0 Å². The van der Waals surface area contributed by atoms with Crippen molar-refractivity contribution in [2.24, 2.45) is 0 Å². The lowest BCUT2D eigenvalue weighted by atomic mass is 10.2. The number of nitrogens with one attached hydrogen (secondary N) is 1. The van der Waals surface area contributed by atoms with Gasteiger partial charge in [0.25, 0.3) is 0 Å². The third-order valence-corrected chi connectivity index (χ3v) is 3.52. The van der Waals surface area contributed by atoms with Gasteiger partial charge in [-0.15, -0.1) is 0 Å². The first kappa shape index (κ1) is 14.0. The minimum Gasteiger partial charge on any atom is -0.484 e. The Morgan fingerprint density at radius 3 is 2.86 bits per heavy atom. The Kier molecular flexibility index (Phi) is 4.15. The number of ether oxygens (including phenoxy) is 1. The highest BCUT2D eigenvalue weighted by molar-refractivity contribution is 5.29. The van der Waals surface area contributed by atoms with Gasteiger partial charge in [-0.25, -0.2) is 4.39 Å². The minimum atomic E-state index is -0.342. The van der Waals surface area contributed by atoms with E-state index in [-0.39, 0.29) is 18.2 Å².